The molecule has 0 aliphatic carbocycles. The van der Waals surface area contributed by atoms with Gasteiger partial charge in [-0.2, -0.15) is 0 Å². The van der Waals surface area contributed by atoms with Gasteiger partial charge in [-0.3, -0.25) is 4.79 Å². The Hall–Kier alpha value is -3.22. The molecule has 0 saturated carbocycles. The lowest BCUT2D eigenvalue weighted by Crippen LogP contribution is -2.30. The van der Waals surface area contributed by atoms with Crippen LogP contribution in [0.4, 0.5) is 11.4 Å². The molecule has 1 fully saturated rings. The van der Waals surface area contributed by atoms with Crippen molar-refractivity contribution < 1.29 is 4.79 Å². The fraction of sp³-hybridized carbons (Fsp3) is 0.263. The second kappa shape index (κ2) is 7.35. The average Bonchev–Trinajstić information content (AvgIpc) is 3.24. The van der Waals surface area contributed by atoms with Gasteiger partial charge in [0.1, 0.15) is 6.33 Å². The molecule has 7 nitrogen and oxygen atoms in total. The lowest BCUT2D eigenvalue weighted by Gasteiger charge is -2.30. The Morgan fingerprint density at radius 2 is 1.81 bits per heavy atom. The molecule has 0 atom stereocenters. The molecule has 0 bridgehead atoms. The number of benzene rings is 2. The van der Waals surface area contributed by atoms with Crippen LogP contribution in [0.1, 0.15) is 29.6 Å². The molecule has 2 aromatic carbocycles. The number of aromatic nitrogens is 4. The van der Waals surface area contributed by atoms with Gasteiger partial charge in [0.25, 0.3) is 5.91 Å². The third-order valence-corrected chi connectivity index (χ3v) is 4.57. The number of hydrogen-bond donors (Lipinski definition) is 1. The monoisotopic (exact) mass is 348 g/mol. The SMILES string of the molecule is O=C(Nc1cc(-n2cnnn2)ccc1N1CCCCC1)c1ccccc1. The molecule has 1 aromatic heterocycles. The van der Waals surface area contributed by atoms with Crippen molar-refractivity contribution in [1.82, 2.24) is 20.2 Å². The van der Waals surface area contributed by atoms with E-state index in [0.29, 0.717) is 5.56 Å². The van der Waals surface area contributed by atoms with Gasteiger partial charge in [0.05, 0.1) is 17.1 Å². The Balaban J connectivity index is 1.68. The normalized spacial score (nSPS) is 14.2. The van der Waals surface area contributed by atoms with Crippen LogP contribution in [0.3, 0.4) is 0 Å². The summed E-state index contributed by atoms with van der Waals surface area (Å²) in [6.45, 7) is 2.00. The number of piperidine rings is 1. The maximum atomic E-state index is 12.7. The largest absolute Gasteiger partial charge is 0.370 e. The number of carbonyl (C=O) groups excluding carboxylic acids is 1. The van der Waals surface area contributed by atoms with Crippen LogP contribution >= 0.6 is 0 Å². The molecule has 7 heteroatoms. The fourth-order valence-electron chi connectivity index (χ4n) is 3.24. The summed E-state index contributed by atoms with van der Waals surface area (Å²) < 4.78 is 1.58. The van der Waals surface area contributed by atoms with E-state index in [9.17, 15) is 4.79 Å². The van der Waals surface area contributed by atoms with Crippen LogP contribution < -0.4 is 10.2 Å². The minimum Gasteiger partial charge on any atom is -0.370 e. The Bertz CT molecular complexity index is 872. The molecule has 0 unspecified atom stereocenters. The van der Waals surface area contributed by atoms with Crippen LogP contribution in [0.2, 0.25) is 0 Å². The summed E-state index contributed by atoms with van der Waals surface area (Å²) in [5.41, 5.74) is 3.24. The third kappa shape index (κ3) is 3.42. The van der Waals surface area contributed by atoms with E-state index >= 15 is 0 Å². The molecule has 0 radical (unpaired) electrons. The number of rotatable bonds is 4. The highest BCUT2D eigenvalue weighted by atomic mass is 16.1. The lowest BCUT2D eigenvalue weighted by molar-refractivity contribution is 0.102. The second-order valence-electron chi connectivity index (χ2n) is 6.32. The van der Waals surface area contributed by atoms with E-state index in [4.69, 9.17) is 0 Å². The zero-order chi connectivity index (χ0) is 17.8. The molecule has 2 heterocycles. The smallest absolute Gasteiger partial charge is 0.255 e. The molecule has 1 amide bonds. The summed E-state index contributed by atoms with van der Waals surface area (Å²) >= 11 is 0. The summed E-state index contributed by atoms with van der Waals surface area (Å²) in [5, 5.41) is 14.4. The molecule has 1 N–H and O–H groups in total. The summed E-state index contributed by atoms with van der Waals surface area (Å²) in [5.74, 6) is -0.127. The molecule has 3 aromatic rings. The number of anilines is 2. The Labute approximate surface area is 151 Å². The standard InChI is InChI=1S/C19H20N6O/c26-19(15-7-3-1-4-8-15)21-17-13-16(25-14-20-22-23-25)9-10-18(17)24-11-5-2-6-12-24/h1,3-4,7-10,13-14H,2,5-6,11-12H2,(H,21,26). The van der Waals surface area contributed by atoms with Gasteiger partial charge in [0, 0.05) is 18.7 Å². The van der Waals surface area contributed by atoms with Gasteiger partial charge in [-0.05, 0) is 60.0 Å². The zero-order valence-corrected chi connectivity index (χ0v) is 14.4. The fourth-order valence-corrected chi connectivity index (χ4v) is 3.24. The Morgan fingerprint density at radius 1 is 1.00 bits per heavy atom. The number of amides is 1. The predicted molar refractivity (Wildman–Crippen MR) is 99.6 cm³/mol. The van der Waals surface area contributed by atoms with Crippen molar-refractivity contribution in [3.05, 3.63) is 60.4 Å². The van der Waals surface area contributed by atoms with Crippen molar-refractivity contribution in [2.75, 3.05) is 23.3 Å². The molecule has 4 rings (SSSR count). The van der Waals surface area contributed by atoms with E-state index < -0.39 is 0 Å². The average molecular weight is 348 g/mol. The first-order chi connectivity index (χ1) is 12.8. The maximum Gasteiger partial charge on any atom is 0.255 e. The van der Waals surface area contributed by atoms with E-state index in [0.717, 1.165) is 30.2 Å². The van der Waals surface area contributed by atoms with Crippen molar-refractivity contribution in [3.8, 4) is 5.69 Å². The van der Waals surface area contributed by atoms with Crippen LogP contribution in [-0.4, -0.2) is 39.2 Å². The summed E-state index contributed by atoms with van der Waals surface area (Å²) in [6.07, 6.45) is 5.13. The van der Waals surface area contributed by atoms with Crippen LogP contribution in [-0.2, 0) is 0 Å². The second-order valence-corrected chi connectivity index (χ2v) is 6.32. The van der Waals surface area contributed by atoms with Crippen molar-refractivity contribution in [2.24, 2.45) is 0 Å². The van der Waals surface area contributed by atoms with Crippen molar-refractivity contribution in [3.63, 3.8) is 0 Å². The molecular weight excluding hydrogens is 328 g/mol. The highest BCUT2D eigenvalue weighted by Gasteiger charge is 2.17. The van der Waals surface area contributed by atoms with Crippen LogP contribution in [0, 0.1) is 0 Å². The van der Waals surface area contributed by atoms with E-state index in [1.165, 1.54) is 19.3 Å². The molecule has 26 heavy (non-hydrogen) atoms. The molecule has 1 aliphatic heterocycles. The van der Waals surface area contributed by atoms with Crippen molar-refractivity contribution >= 4 is 17.3 Å². The van der Waals surface area contributed by atoms with Gasteiger partial charge < -0.3 is 10.2 Å². The maximum absolute atomic E-state index is 12.7. The van der Waals surface area contributed by atoms with E-state index in [-0.39, 0.29) is 5.91 Å². The number of tetrazole rings is 1. The van der Waals surface area contributed by atoms with E-state index in [1.807, 2.05) is 36.4 Å². The molecule has 1 saturated heterocycles. The Morgan fingerprint density at radius 3 is 2.54 bits per heavy atom. The predicted octanol–water partition coefficient (Wildman–Crippen LogP) is 2.90. The number of hydrogen-bond acceptors (Lipinski definition) is 5. The summed E-state index contributed by atoms with van der Waals surface area (Å²) in [6, 6.07) is 15.1. The molecule has 0 spiro atoms. The first-order valence-electron chi connectivity index (χ1n) is 8.80. The van der Waals surface area contributed by atoms with Crippen molar-refractivity contribution in [2.45, 2.75) is 19.3 Å². The Kier molecular flexibility index (Phi) is 4.59. The first kappa shape index (κ1) is 16.3. The van der Waals surface area contributed by atoms with E-state index in [1.54, 1.807) is 23.1 Å². The van der Waals surface area contributed by atoms with Crippen LogP contribution in [0.25, 0.3) is 5.69 Å². The lowest BCUT2D eigenvalue weighted by atomic mass is 10.1. The van der Waals surface area contributed by atoms with Gasteiger partial charge in [-0.15, -0.1) is 5.10 Å². The summed E-state index contributed by atoms with van der Waals surface area (Å²) in [7, 11) is 0. The quantitative estimate of drug-likeness (QED) is 0.784. The highest BCUT2D eigenvalue weighted by Crippen LogP contribution is 2.31. The van der Waals surface area contributed by atoms with Gasteiger partial charge in [0.2, 0.25) is 0 Å². The minimum absolute atomic E-state index is 0.127. The van der Waals surface area contributed by atoms with E-state index in [2.05, 4.69) is 25.7 Å². The van der Waals surface area contributed by atoms with Crippen LogP contribution in [0.15, 0.2) is 54.9 Å². The van der Waals surface area contributed by atoms with Crippen LogP contribution in [0.5, 0.6) is 0 Å². The highest BCUT2D eigenvalue weighted by molar-refractivity contribution is 6.06. The topological polar surface area (TPSA) is 75.9 Å². The number of nitrogens with one attached hydrogen (secondary N) is 1. The summed E-state index contributed by atoms with van der Waals surface area (Å²) in [4.78, 5) is 15.0. The third-order valence-electron chi connectivity index (χ3n) is 4.57. The number of carbonyl (C=O) groups is 1. The molecular formula is C19H20N6O. The first-order valence-corrected chi connectivity index (χ1v) is 8.80. The van der Waals surface area contributed by atoms with Gasteiger partial charge >= 0.3 is 0 Å². The minimum atomic E-state index is -0.127. The van der Waals surface area contributed by atoms with Gasteiger partial charge in [0.15, 0.2) is 0 Å². The van der Waals surface area contributed by atoms with Gasteiger partial charge in [-0.25, -0.2) is 4.68 Å². The molecule has 132 valence electrons. The zero-order valence-electron chi connectivity index (χ0n) is 14.4. The molecule has 1 aliphatic rings. The van der Waals surface area contributed by atoms with Crippen molar-refractivity contribution in [1.29, 1.82) is 0 Å². The number of nitrogens with zero attached hydrogens (tertiary/aromatic N) is 5. The van der Waals surface area contributed by atoms with Gasteiger partial charge in [-0.1, -0.05) is 18.2 Å².